The Labute approximate surface area is 153 Å². The van der Waals surface area contributed by atoms with Gasteiger partial charge in [-0.3, -0.25) is 9.69 Å². The quantitative estimate of drug-likeness (QED) is 0.711. The van der Waals surface area contributed by atoms with Crippen molar-refractivity contribution in [2.45, 2.75) is 19.6 Å². The average Bonchev–Trinajstić information content (AvgIpc) is 2.91. The van der Waals surface area contributed by atoms with E-state index in [-0.39, 0.29) is 18.9 Å². The number of ether oxygens (including phenoxy) is 2. The zero-order valence-corrected chi connectivity index (χ0v) is 15.3. The van der Waals surface area contributed by atoms with Crippen molar-refractivity contribution in [2.24, 2.45) is 0 Å². The molecule has 0 bridgehead atoms. The van der Waals surface area contributed by atoms with Crippen LogP contribution < -0.4 is 0 Å². The van der Waals surface area contributed by atoms with Crippen LogP contribution in [-0.4, -0.2) is 41.4 Å². The maximum absolute atomic E-state index is 12.5. The molecule has 1 fully saturated rings. The van der Waals surface area contributed by atoms with Crippen LogP contribution in [0, 0.1) is 0 Å². The summed E-state index contributed by atoms with van der Waals surface area (Å²) in [5.74, 6) is 0.675. The Hall–Kier alpha value is -0.820. The number of rotatable bonds is 4. The number of carbonyl (C=O) groups is 2. The summed E-state index contributed by atoms with van der Waals surface area (Å²) in [5.41, 5.74) is 0.495. The Bertz CT molecular complexity index is 591. The van der Waals surface area contributed by atoms with Gasteiger partial charge in [-0.25, -0.2) is 4.79 Å². The molecule has 0 saturated carbocycles. The van der Waals surface area contributed by atoms with E-state index in [1.165, 1.54) is 28.8 Å². The molecule has 1 aliphatic heterocycles. The summed E-state index contributed by atoms with van der Waals surface area (Å²) >= 11 is 19.5. The van der Waals surface area contributed by atoms with Crippen LogP contribution in [0.1, 0.15) is 12.5 Å². The first-order chi connectivity index (χ1) is 10.9. The van der Waals surface area contributed by atoms with Crippen molar-refractivity contribution >= 4 is 58.6 Å². The molecule has 0 aromatic heterocycles. The van der Waals surface area contributed by atoms with Gasteiger partial charge in [-0.15, -0.1) is 11.8 Å². The van der Waals surface area contributed by atoms with Crippen molar-refractivity contribution in [3.63, 3.8) is 0 Å². The van der Waals surface area contributed by atoms with Gasteiger partial charge in [0.1, 0.15) is 0 Å². The van der Waals surface area contributed by atoms with Crippen molar-refractivity contribution in [1.29, 1.82) is 0 Å². The lowest BCUT2D eigenvalue weighted by Gasteiger charge is -2.23. The minimum absolute atomic E-state index is 0.00190. The highest BCUT2D eigenvalue weighted by Gasteiger charge is 2.33. The third kappa shape index (κ3) is 4.83. The number of benzene rings is 1. The van der Waals surface area contributed by atoms with E-state index in [0.29, 0.717) is 32.3 Å². The topological polar surface area (TPSA) is 55.8 Å². The van der Waals surface area contributed by atoms with E-state index in [0.717, 1.165) is 0 Å². The highest BCUT2D eigenvalue weighted by molar-refractivity contribution is 7.99. The first kappa shape index (κ1) is 18.5. The lowest BCUT2D eigenvalue weighted by molar-refractivity contribution is -0.137. The second-order valence-electron chi connectivity index (χ2n) is 4.64. The van der Waals surface area contributed by atoms with E-state index in [1.54, 1.807) is 6.92 Å². The molecule has 0 radical (unpaired) electrons. The van der Waals surface area contributed by atoms with Gasteiger partial charge in [0.15, 0.2) is 6.23 Å². The predicted molar refractivity (Wildman–Crippen MR) is 91.2 cm³/mol. The summed E-state index contributed by atoms with van der Waals surface area (Å²) in [4.78, 5) is 25.4. The first-order valence-electron chi connectivity index (χ1n) is 6.76. The smallest absolute Gasteiger partial charge is 0.435 e. The molecule has 1 unspecified atom stereocenters. The lowest BCUT2D eigenvalue weighted by atomic mass is 10.1. The van der Waals surface area contributed by atoms with E-state index in [9.17, 15) is 9.59 Å². The molecule has 1 aliphatic rings. The van der Waals surface area contributed by atoms with Crippen LogP contribution in [0.3, 0.4) is 0 Å². The summed E-state index contributed by atoms with van der Waals surface area (Å²) < 4.78 is 9.88. The zero-order valence-electron chi connectivity index (χ0n) is 12.2. The van der Waals surface area contributed by atoms with Gasteiger partial charge in [-0.1, -0.05) is 34.8 Å². The molecule has 23 heavy (non-hydrogen) atoms. The van der Waals surface area contributed by atoms with E-state index < -0.39 is 12.4 Å². The first-order valence-corrected chi connectivity index (χ1v) is 9.05. The van der Waals surface area contributed by atoms with Crippen LogP contribution in [0.15, 0.2) is 12.1 Å². The molecule has 0 spiro atoms. The molecule has 1 atom stereocenters. The molecule has 126 valence electrons. The molecule has 2 rings (SSSR count). The number of hydrogen-bond donors (Lipinski definition) is 0. The van der Waals surface area contributed by atoms with Crippen LogP contribution in [0.2, 0.25) is 15.1 Å². The van der Waals surface area contributed by atoms with E-state index >= 15 is 0 Å². The SMILES string of the molecule is CCOC(=O)OC1CSCN1C(=O)Cc1c(Cl)cc(Cl)cc1Cl. The predicted octanol–water partition coefficient (Wildman–Crippen LogP) is 4.22. The largest absolute Gasteiger partial charge is 0.510 e. The maximum Gasteiger partial charge on any atom is 0.510 e. The van der Waals surface area contributed by atoms with Gasteiger partial charge < -0.3 is 9.47 Å². The lowest BCUT2D eigenvalue weighted by Crippen LogP contribution is -2.40. The van der Waals surface area contributed by atoms with Gasteiger partial charge in [0, 0.05) is 15.1 Å². The highest BCUT2D eigenvalue weighted by atomic mass is 35.5. The molecule has 9 heteroatoms. The second kappa shape index (κ2) is 8.33. The molecule has 1 heterocycles. The van der Waals surface area contributed by atoms with Crippen LogP contribution in [0.25, 0.3) is 0 Å². The summed E-state index contributed by atoms with van der Waals surface area (Å²) in [6.45, 7) is 1.89. The average molecular weight is 399 g/mol. The number of hydrogen-bond acceptors (Lipinski definition) is 5. The number of amides is 1. The Kier molecular flexibility index (Phi) is 6.71. The molecular weight excluding hydrogens is 385 g/mol. The summed E-state index contributed by atoms with van der Waals surface area (Å²) in [6.07, 6.45) is -1.45. The maximum atomic E-state index is 12.5. The Morgan fingerprint density at radius 1 is 1.30 bits per heavy atom. The standard InChI is InChI=1S/C14H14Cl3NO4S/c1-2-21-14(20)22-13-6-23-7-18(13)12(19)5-9-10(16)3-8(15)4-11(9)17/h3-4,13H,2,5-7H2,1H3. The van der Waals surface area contributed by atoms with Crippen molar-refractivity contribution in [2.75, 3.05) is 18.2 Å². The zero-order chi connectivity index (χ0) is 17.0. The van der Waals surface area contributed by atoms with Crippen molar-refractivity contribution in [3.8, 4) is 0 Å². The minimum atomic E-state index is -0.791. The third-order valence-electron chi connectivity index (χ3n) is 3.09. The van der Waals surface area contributed by atoms with Crippen molar-refractivity contribution < 1.29 is 19.1 Å². The van der Waals surface area contributed by atoms with E-state index in [2.05, 4.69) is 0 Å². The number of carbonyl (C=O) groups excluding carboxylic acids is 2. The van der Waals surface area contributed by atoms with Gasteiger partial charge in [-0.05, 0) is 24.6 Å². The Balaban J connectivity index is 2.06. The van der Waals surface area contributed by atoms with Crippen LogP contribution in [0.5, 0.6) is 0 Å². The minimum Gasteiger partial charge on any atom is -0.435 e. The fourth-order valence-corrected chi connectivity index (χ4v) is 4.02. The molecule has 0 aliphatic carbocycles. The molecule has 5 nitrogen and oxygen atoms in total. The number of halogens is 3. The third-order valence-corrected chi connectivity index (χ3v) is 4.96. The van der Waals surface area contributed by atoms with Crippen molar-refractivity contribution in [1.82, 2.24) is 4.90 Å². The van der Waals surface area contributed by atoms with Gasteiger partial charge in [0.2, 0.25) is 5.91 Å². The number of nitrogens with zero attached hydrogens (tertiary/aromatic N) is 1. The van der Waals surface area contributed by atoms with Crippen molar-refractivity contribution in [3.05, 3.63) is 32.8 Å². The Morgan fingerprint density at radius 3 is 2.57 bits per heavy atom. The number of thioether (sulfide) groups is 1. The van der Waals surface area contributed by atoms with Crippen LogP contribution in [-0.2, 0) is 20.7 Å². The van der Waals surface area contributed by atoms with E-state index in [1.807, 2.05) is 0 Å². The highest BCUT2D eigenvalue weighted by Crippen LogP contribution is 2.31. The molecule has 1 aromatic carbocycles. The van der Waals surface area contributed by atoms with Gasteiger partial charge in [0.05, 0.1) is 24.7 Å². The van der Waals surface area contributed by atoms with E-state index in [4.69, 9.17) is 44.3 Å². The molecule has 1 aromatic rings. The molecular formula is C14H14Cl3NO4S. The normalized spacial score (nSPS) is 17.2. The summed E-state index contributed by atoms with van der Waals surface area (Å²) in [5, 5.41) is 1.05. The fraction of sp³-hybridized carbons (Fsp3) is 0.429. The van der Waals surface area contributed by atoms with Crippen LogP contribution >= 0.6 is 46.6 Å². The summed E-state index contributed by atoms with van der Waals surface area (Å²) in [6, 6.07) is 3.06. The van der Waals surface area contributed by atoms with Gasteiger partial charge in [-0.2, -0.15) is 0 Å². The van der Waals surface area contributed by atoms with Gasteiger partial charge in [0.25, 0.3) is 0 Å². The molecule has 0 N–H and O–H groups in total. The monoisotopic (exact) mass is 397 g/mol. The second-order valence-corrected chi connectivity index (χ2v) is 6.89. The Morgan fingerprint density at radius 2 is 1.96 bits per heavy atom. The molecule has 1 amide bonds. The summed E-state index contributed by atoms with van der Waals surface area (Å²) in [7, 11) is 0. The fourth-order valence-electron chi connectivity index (χ4n) is 2.01. The molecule has 1 saturated heterocycles. The van der Waals surface area contributed by atoms with Crippen LogP contribution in [0.4, 0.5) is 4.79 Å². The van der Waals surface area contributed by atoms with Gasteiger partial charge >= 0.3 is 6.16 Å².